The molecular weight excluding hydrogens is 247 g/mol. The molecule has 0 saturated carbocycles. The molecule has 0 unspecified atom stereocenters. The Bertz CT molecular complexity index is 461. The number of halogens is 3. The molecular formula is C12H14F3NO2. The number of aromatic nitrogens is 1. The Kier molecular flexibility index (Phi) is 3.75. The van der Waals surface area contributed by atoms with Crippen molar-refractivity contribution in [3.05, 3.63) is 34.2 Å². The average molecular weight is 261 g/mol. The van der Waals surface area contributed by atoms with E-state index in [0.29, 0.717) is 6.61 Å². The lowest BCUT2D eigenvalue weighted by atomic mass is 10.1. The molecule has 2 rings (SSSR count). The van der Waals surface area contributed by atoms with Gasteiger partial charge in [-0.25, -0.2) is 0 Å². The van der Waals surface area contributed by atoms with Crippen LogP contribution in [0.1, 0.15) is 24.8 Å². The van der Waals surface area contributed by atoms with Crippen molar-refractivity contribution in [2.24, 2.45) is 0 Å². The number of ether oxygens (including phenoxy) is 1. The third kappa shape index (κ3) is 2.93. The first-order valence-corrected chi connectivity index (χ1v) is 5.87. The van der Waals surface area contributed by atoms with E-state index in [2.05, 4.69) is 0 Å². The van der Waals surface area contributed by atoms with Gasteiger partial charge in [0.05, 0.1) is 12.6 Å². The summed E-state index contributed by atoms with van der Waals surface area (Å²) < 4.78 is 44.2. The molecule has 1 aromatic rings. The van der Waals surface area contributed by atoms with E-state index in [1.807, 2.05) is 0 Å². The Morgan fingerprint density at radius 2 is 2.17 bits per heavy atom. The molecule has 0 N–H and O–H groups in total. The molecule has 100 valence electrons. The van der Waals surface area contributed by atoms with Crippen LogP contribution in [0.2, 0.25) is 0 Å². The minimum Gasteiger partial charge on any atom is -0.376 e. The van der Waals surface area contributed by atoms with E-state index in [0.717, 1.165) is 29.9 Å². The van der Waals surface area contributed by atoms with Crippen LogP contribution in [0.15, 0.2) is 23.1 Å². The van der Waals surface area contributed by atoms with Gasteiger partial charge in [0.1, 0.15) is 5.56 Å². The normalized spacial score (nSPS) is 20.9. The Balaban J connectivity index is 2.21. The first-order valence-electron chi connectivity index (χ1n) is 5.87. The van der Waals surface area contributed by atoms with Crippen LogP contribution in [-0.4, -0.2) is 17.3 Å². The van der Waals surface area contributed by atoms with E-state index in [1.165, 1.54) is 12.3 Å². The minimum absolute atomic E-state index is 0.167. The summed E-state index contributed by atoms with van der Waals surface area (Å²) >= 11 is 0. The van der Waals surface area contributed by atoms with Gasteiger partial charge < -0.3 is 9.30 Å². The molecule has 0 radical (unpaired) electrons. The highest BCUT2D eigenvalue weighted by Crippen LogP contribution is 2.26. The number of hydrogen-bond donors (Lipinski definition) is 0. The minimum atomic E-state index is -4.60. The number of pyridine rings is 1. The summed E-state index contributed by atoms with van der Waals surface area (Å²) in [6, 6.07) is 2.05. The first kappa shape index (κ1) is 13.1. The highest BCUT2D eigenvalue weighted by molar-refractivity contribution is 5.14. The Hall–Kier alpha value is -1.30. The van der Waals surface area contributed by atoms with Gasteiger partial charge in [0, 0.05) is 12.8 Å². The van der Waals surface area contributed by atoms with E-state index >= 15 is 0 Å². The van der Waals surface area contributed by atoms with Crippen molar-refractivity contribution in [1.29, 1.82) is 0 Å². The lowest BCUT2D eigenvalue weighted by Crippen LogP contribution is -2.33. The zero-order valence-corrected chi connectivity index (χ0v) is 9.74. The SMILES string of the molecule is O=c1c(C(F)(F)F)cccn1C[C@@H]1CCCCO1. The van der Waals surface area contributed by atoms with Crippen molar-refractivity contribution in [3.63, 3.8) is 0 Å². The molecule has 1 saturated heterocycles. The van der Waals surface area contributed by atoms with Crippen molar-refractivity contribution < 1.29 is 17.9 Å². The fourth-order valence-corrected chi connectivity index (χ4v) is 2.07. The lowest BCUT2D eigenvalue weighted by Gasteiger charge is -2.23. The number of alkyl halides is 3. The molecule has 2 heterocycles. The van der Waals surface area contributed by atoms with Crippen LogP contribution in [0.4, 0.5) is 13.2 Å². The molecule has 1 aliphatic heterocycles. The molecule has 0 amide bonds. The van der Waals surface area contributed by atoms with Crippen LogP contribution in [0.5, 0.6) is 0 Å². The van der Waals surface area contributed by atoms with Crippen molar-refractivity contribution in [1.82, 2.24) is 4.57 Å². The molecule has 0 aromatic carbocycles. The maximum Gasteiger partial charge on any atom is 0.421 e. The quantitative estimate of drug-likeness (QED) is 0.818. The molecule has 1 fully saturated rings. The monoisotopic (exact) mass is 261 g/mol. The average Bonchev–Trinajstić information content (AvgIpc) is 2.32. The molecule has 1 aromatic heterocycles. The summed E-state index contributed by atoms with van der Waals surface area (Å²) in [5, 5.41) is 0. The Morgan fingerprint density at radius 1 is 1.39 bits per heavy atom. The van der Waals surface area contributed by atoms with Crippen molar-refractivity contribution in [3.8, 4) is 0 Å². The van der Waals surface area contributed by atoms with Gasteiger partial charge in [-0.2, -0.15) is 13.2 Å². The predicted molar refractivity (Wildman–Crippen MR) is 59.3 cm³/mol. The maximum atomic E-state index is 12.6. The van der Waals surface area contributed by atoms with Crippen LogP contribution in [-0.2, 0) is 17.5 Å². The molecule has 1 aliphatic rings. The third-order valence-corrected chi connectivity index (χ3v) is 3.00. The van der Waals surface area contributed by atoms with Crippen molar-refractivity contribution >= 4 is 0 Å². The highest BCUT2D eigenvalue weighted by atomic mass is 19.4. The van der Waals surface area contributed by atoms with Gasteiger partial charge in [-0.05, 0) is 31.4 Å². The molecule has 6 heteroatoms. The zero-order valence-electron chi connectivity index (χ0n) is 9.74. The summed E-state index contributed by atoms with van der Waals surface area (Å²) in [7, 11) is 0. The predicted octanol–water partition coefficient (Wildman–Crippen LogP) is 2.44. The van der Waals surface area contributed by atoms with Gasteiger partial charge in [-0.15, -0.1) is 0 Å². The number of nitrogens with zero attached hydrogens (tertiary/aromatic N) is 1. The molecule has 0 bridgehead atoms. The van der Waals surface area contributed by atoms with Gasteiger partial charge >= 0.3 is 6.18 Å². The van der Waals surface area contributed by atoms with Crippen LogP contribution >= 0.6 is 0 Å². The molecule has 0 aliphatic carbocycles. The van der Waals surface area contributed by atoms with Crippen LogP contribution in [0, 0.1) is 0 Å². The summed E-state index contributed by atoms with van der Waals surface area (Å²) in [5.41, 5.74) is -2.13. The Labute approximate surface area is 102 Å². The van der Waals surface area contributed by atoms with Crippen LogP contribution in [0.25, 0.3) is 0 Å². The molecule has 1 atom stereocenters. The largest absolute Gasteiger partial charge is 0.421 e. The van der Waals surface area contributed by atoms with E-state index in [-0.39, 0.29) is 12.6 Å². The van der Waals surface area contributed by atoms with E-state index in [4.69, 9.17) is 4.74 Å². The highest BCUT2D eigenvalue weighted by Gasteiger charge is 2.34. The molecule has 18 heavy (non-hydrogen) atoms. The lowest BCUT2D eigenvalue weighted by molar-refractivity contribution is -0.139. The number of rotatable bonds is 2. The summed E-state index contributed by atoms with van der Waals surface area (Å²) in [6.45, 7) is 0.793. The van der Waals surface area contributed by atoms with Gasteiger partial charge in [0.25, 0.3) is 5.56 Å². The van der Waals surface area contributed by atoms with E-state index in [9.17, 15) is 18.0 Å². The third-order valence-electron chi connectivity index (χ3n) is 3.00. The number of hydrogen-bond acceptors (Lipinski definition) is 2. The van der Waals surface area contributed by atoms with Gasteiger partial charge in [-0.1, -0.05) is 0 Å². The zero-order chi connectivity index (χ0) is 13.2. The molecule has 0 spiro atoms. The fraction of sp³-hybridized carbons (Fsp3) is 0.583. The standard InChI is InChI=1S/C12H14F3NO2/c13-12(14,15)10-5-3-6-16(11(10)17)8-9-4-1-2-7-18-9/h3,5-6,9H,1-2,4,7-8H2/t9-/m0/s1. The van der Waals surface area contributed by atoms with Crippen LogP contribution in [0.3, 0.4) is 0 Å². The second kappa shape index (κ2) is 5.14. The van der Waals surface area contributed by atoms with Crippen LogP contribution < -0.4 is 5.56 Å². The van der Waals surface area contributed by atoms with Crippen molar-refractivity contribution in [2.75, 3.05) is 6.61 Å². The molecule has 3 nitrogen and oxygen atoms in total. The first-order chi connectivity index (χ1) is 8.48. The fourth-order valence-electron chi connectivity index (χ4n) is 2.07. The van der Waals surface area contributed by atoms with Gasteiger partial charge in [-0.3, -0.25) is 4.79 Å². The van der Waals surface area contributed by atoms with Gasteiger partial charge in [0.2, 0.25) is 0 Å². The van der Waals surface area contributed by atoms with E-state index in [1.54, 1.807) is 0 Å². The summed E-state index contributed by atoms with van der Waals surface area (Å²) in [6.07, 6.45) is -0.669. The topological polar surface area (TPSA) is 31.2 Å². The van der Waals surface area contributed by atoms with Crippen molar-refractivity contribution in [2.45, 2.75) is 38.1 Å². The maximum absolute atomic E-state index is 12.6. The van der Waals surface area contributed by atoms with E-state index < -0.39 is 17.3 Å². The smallest absolute Gasteiger partial charge is 0.376 e. The second-order valence-corrected chi connectivity index (χ2v) is 4.37. The van der Waals surface area contributed by atoms with Gasteiger partial charge in [0.15, 0.2) is 0 Å². The summed E-state index contributed by atoms with van der Waals surface area (Å²) in [4.78, 5) is 11.7. The summed E-state index contributed by atoms with van der Waals surface area (Å²) in [5.74, 6) is 0. The Morgan fingerprint density at radius 3 is 2.78 bits per heavy atom. The second-order valence-electron chi connectivity index (χ2n) is 4.37.